The highest BCUT2D eigenvalue weighted by Crippen LogP contribution is 2.26. The van der Waals surface area contributed by atoms with Crippen molar-refractivity contribution in [2.75, 3.05) is 6.54 Å². The molecule has 162 valence electrons. The van der Waals surface area contributed by atoms with Crippen LogP contribution >= 0.6 is 46.4 Å². The molecule has 8 heteroatoms. The predicted octanol–water partition coefficient (Wildman–Crippen LogP) is 6.18. The number of amides is 2. The summed E-state index contributed by atoms with van der Waals surface area (Å²) in [4.78, 5) is 27.6. The molecule has 0 saturated heterocycles. The van der Waals surface area contributed by atoms with E-state index in [1.807, 2.05) is 13.8 Å². The Hall–Kier alpha value is -1.46. The Kier molecular flexibility index (Phi) is 9.76. The molecule has 30 heavy (non-hydrogen) atoms. The van der Waals surface area contributed by atoms with Crippen LogP contribution in [-0.2, 0) is 22.6 Å². The summed E-state index contributed by atoms with van der Waals surface area (Å²) in [7, 11) is 0. The molecule has 0 saturated carbocycles. The highest BCUT2D eigenvalue weighted by molar-refractivity contribution is 6.42. The molecular weight excluding hydrogens is 466 g/mol. The molecule has 2 aromatic rings. The van der Waals surface area contributed by atoms with Gasteiger partial charge in [-0.25, -0.2) is 0 Å². The third-order valence-corrected chi connectivity index (χ3v) is 5.95. The lowest BCUT2D eigenvalue weighted by atomic mass is 10.1. The predicted molar refractivity (Wildman–Crippen MR) is 125 cm³/mol. The van der Waals surface area contributed by atoms with Crippen molar-refractivity contribution in [3.8, 4) is 0 Å². The van der Waals surface area contributed by atoms with E-state index in [1.165, 1.54) is 0 Å². The van der Waals surface area contributed by atoms with E-state index < -0.39 is 6.04 Å². The van der Waals surface area contributed by atoms with Crippen LogP contribution in [-0.4, -0.2) is 29.3 Å². The molecule has 0 fully saturated rings. The van der Waals surface area contributed by atoms with Gasteiger partial charge < -0.3 is 10.2 Å². The van der Waals surface area contributed by atoms with E-state index in [1.54, 1.807) is 41.3 Å². The van der Waals surface area contributed by atoms with Gasteiger partial charge in [-0.15, -0.1) is 0 Å². The maximum atomic E-state index is 13.3. The molecule has 1 atom stereocenters. The Morgan fingerprint density at radius 2 is 1.70 bits per heavy atom. The highest BCUT2D eigenvalue weighted by atomic mass is 35.5. The van der Waals surface area contributed by atoms with Gasteiger partial charge >= 0.3 is 0 Å². The molecule has 0 aliphatic rings. The summed E-state index contributed by atoms with van der Waals surface area (Å²) in [6.45, 7) is 4.62. The van der Waals surface area contributed by atoms with Crippen molar-refractivity contribution < 1.29 is 9.59 Å². The molecule has 0 aromatic heterocycles. The summed E-state index contributed by atoms with van der Waals surface area (Å²) in [6, 6.07) is 9.56. The lowest BCUT2D eigenvalue weighted by molar-refractivity contribution is -0.140. The molecular formula is C22H24Cl4N2O2. The minimum Gasteiger partial charge on any atom is -0.354 e. The van der Waals surface area contributed by atoms with Crippen LogP contribution in [0.3, 0.4) is 0 Å². The van der Waals surface area contributed by atoms with Crippen molar-refractivity contribution in [1.29, 1.82) is 0 Å². The largest absolute Gasteiger partial charge is 0.354 e. The minimum atomic E-state index is -0.621. The fourth-order valence-corrected chi connectivity index (χ4v) is 3.85. The molecule has 0 aliphatic heterocycles. The van der Waals surface area contributed by atoms with Crippen LogP contribution in [0.25, 0.3) is 0 Å². The van der Waals surface area contributed by atoms with Gasteiger partial charge in [0.2, 0.25) is 11.8 Å². The topological polar surface area (TPSA) is 49.4 Å². The number of hydrogen-bond donors (Lipinski definition) is 1. The maximum Gasteiger partial charge on any atom is 0.242 e. The summed E-state index contributed by atoms with van der Waals surface area (Å²) in [6.07, 6.45) is 1.33. The van der Waals surface area contributed by atoms with E-state index in [-0.39, 0.29) is 24.8 Å². The van der Waals surface area contributed by atoms with Crippen LogP contribution in [0.2, 0.25) is 20.1 Å². The minimum absolute atomic E-state index is 0.0505. The Morgan fingerprint density at radius 1 is 0.967 bits per heavy atom. The van der Waals surface area contributed by atoms with E-state index in [2.05, 4.69) is 5.32 Å². The second-order valence-electron chi connectivity index (χ2n) is 6.90. The van der Waals surface area contributed by atoms with Crippen LogP contribution in [0.5, 0.6) is 0 Å². The Labute approximate surface area is 197 Å². The Bertz CT molecular complexity index is 905. The molecule has 0 bridgehead atoms. The van der Waals surface area contributed by atoms with Gasteiger partial charge in [0.1, 0.15) is 6.04 Å². The van der Waals surface area contributed by atoms with E-state index >= 15 is 0 Å². The molecule has 0 spiro atoms. The van der Waals surface area contributed by atoms with E-state index in [9.17, 15) is 9.59 Å². The van der Waals surface area contributed by atoms with Crippen molar-refractivity contribution in [3.63, 3.8) is 0 Å². The zero-order valence-corrected chi connectivity index (χ0v) is 19.9. The monoisotopic (exact) mass is 488 g/mol. The lowest BCUT2D eigenvalue weighted by Gasteiger charge is -2.31. The number of carbonyl (C=O) groups is 2. The lowest BCUT2D eigenvalue weighted by Crippen LogP contribution is -2.49. The molecule has 0 aliphatic carbocycles. The van der Waals surface area contributed by atoms with Crippen molar-refractivity contribution in [1.82, 2.24) is 10.2 Å². The number of nitrogens with zero attached hydrogens (tertiary/aromatic N) is 1. The van der Waals surface area contributed by atoms with Crippen LogP contribution in [0.1, 0.15) is 37.8 Å². The van der Waals surface area contributed by atoms with E-state index in [0.29, 0.717) is 38.6 Å². The van der Waals surface area contributed by atoms with Crippen LogP contribution in [0.15, 0.2) is 36.4 Å². The SMILES string of the molecule is CCCNC(=O)[C@@H](CC)N(Cc1ccc(Cl)c(Cl)c1)C(=O)Cc1ccc(Cl)cc1Cl. The van der Waals surface area contributed by atoms with E-state index in [4.69, 9.17) is 46.4 Å². The summed E-state index contributed by atoms with van der Waals surface area (Å²) < 4.78 is 0. The zero-order valence-electron chi connectivity index (χ0n) is 16.9. The molecule has 0 heterocycles. The number of nitrogens with one attached hydrogen (secondary N) is 1. The summed E-state index contributed by atoms with van der Waals surface area (Å²) in [5, 5.41) is 4.61. The number of rotatable bonds is 9. The second-order valence-corrected chi connectivity index (χ2v) is 8.56. The van der Waals surface area contributed by atoms with Crippen LogP contribution in [0, 0.1) is 0 Å². The van der Waals surface area contributed by atoms with Crippen molar-refractivity contribution in [2.24, 2.45) is 0 Å². The van der Waals surface area contributed by atoms with E-state index in [0.717, 1.165) is 12.0 Å². The molecule has 4 nitrogen and oxygen atoms in total. The van der Waals surface area contributed by atoms with Gasteiger partial charge in [0.25, 0.3) is 0 Å². The Morgan fingerprint density at radius 3 is 2.30 bits per heavy atom. The average Bonchev–Trinajstić information content (AvgIpc) is 2.70. The van der Waals surface area contributed by atoms with Crippen LogP contribution < -0.4 is 5.32 Å². The molecule has 0 radical (unpaired) electrons. The first-order valence-corrected chi connectivity index (χ1v) is 11.2. The van der Waals surface area contributed by atoms with Crippen LogP contribution in [0.4, 0.5) is 0 Å². The quantitative estimate of drug-likeness (QED) is 0.457. The fraction of sp³-hybridized carbons (Fsp3) is 0.364. The van der Waals surface area contributed by atoms with Crippen molar-refractivity contribution >= 4 is 58.2 Å². The van der Waals surface area contributed by atoms with Crippen molar-refractivity contribution in [2.45, 2.75) is 45.7 Å². The molecule has 0 unspecified atom stereocenters. The normalized spacial score (nSPS) is 11.8. The van der Waals surface area contributed by atoms with Gasteiger partial charge in [-0.1, -0.05) is 72.4 Å². The third kappa shape index (κ3) is 6.78. The summed E-state index contributed by atoms with van der Waals surface area (Å²) in [5.41, 5.74) is 1.43. The Balaban J connectivity index is 2.33. The molecule has 2 amide bonds. The first-order chi connectivity index (χ1) is 14.3. The fourth-order valence-electron chi connectivity index (χ4n) is 3.05. The number of halogens is 4. The first-order valence-electron chi connectivity index (χ1n) is 9.71. The highest BCUT2D eigenvalue weighted by Gasteiger charge is 2.29. The zero-order chi connectivity index (χ0) is 22.3. The van der Waals surface area contributed by atoms with Gasteiger partial charge in [0.15, 0.2) is 0 Å². The van der Waals surface area contributed by atoms with Gasteiger partial charge in [0.05, 0.1) is 16.5 Å². The van der Waals surface area contributed by atoms with Gasteiger partial charge in [0, 0.05) is 23.1 Å². The number of hydrogen-bond acceptors (Lipinski definition) is 2. The second kappa shape index (κ2) is 11.8. The summed E-state index contributed by atoms with van der Waals surface area (Å²) in [5.74, 6) is -0.404. The smallest absolute Gasteiger partial charge is 0.242 e. The average molecular weight is 490 g/mol. The van der Waals surface area contributed by atoms with Gasteiger partial charge in [-0.05, 0) is 48.2 Å². The van der Waals surface area contributed by atoms with Gasteiger partial charge in [-0.3, -0.25) is 9.59 Å². The molecule has 2 rings (SSSR count). The van der Waals surface area contributed by atoms with Gasteiger partial charge in [-0.2, -0.15) is 0 Å². The standard InChI is InChI=1S/C22H24Cl4N2O2/c1-3-9-27-22(30)20(4-2)28(13-14-5-8-17(24)19(26)10-14)21(29)11-15-6-7-16(23)12-18(15)25/h5-8,10,12,20H,3-4,9,11,13H2,1-2H3,(H,27,30)/t20-/m1/s1. The molecule has 1 N–H and O–H groups in total. The third-order valence-electron chi connectivity index (χ3n) is 4.63. The van der Waals surface area contributed by atoms with Crippen molar-refractivity contribution in [3.05, 3.63) is 67.6 Å². The number of carbonyl (C=O) groups excluding carboxylic acids is 2. The first kappa shape index (κ1) is 24.8. The molecule has 2 aromatic carbocycles. The maximum absolute atomic E-state index is 13.3. The number of benzene rings is 2. The summed E-state index contributed by atoms with van der Waals surface area (Å²) >= 11 is 24.4.